The Hall–Kier alpha value is -5.91. The maximum absolute atomic E-state index is 13.6. The fraction of sp³-hybridized carbons (Fsp3) is 0.372. The number of carbonyl (C=O) groups is 3. The first-order chi connectivity index (χ1) is 26.3. The van der Waals surface area contributed by atoms with Gasteiger partial charge in [-0.3, -0.25) is 9.69 Å². The van der Waals surface area contributed by atoms with Gasteiger partial charge in [-0.15, -0.1) is 0 Å². The summed E-state index contributed by atoms with van der Waals surface area (Å²) < 4.78 is 10.4. The van der Waals surface area contributed by atoms with Gasteiger partial charge in [0.25, 0.3) is 0 Å². The van der Waals surface area contributed by atoms with Crippen molar-refractivity contribution in [3.05, 3.63) is 96.9 Å². The Bertz CT molecular complexity index is 2230. The number of amides is 3. The summed E-state index contributed by atoms with van der Waals surface area (Å²) in [6, 6.07) is 20.0. The number of likely N-dealkylation sites (tertiary alicyclic amines) is 2. The smallest absolute Gasteiger partial charge is 0.411 e. The minimum absolute atomic E-state index is 0.0993. The number of methoxy groups -OCH3 is 1. The van der Waals surface area contributed by atoms with E-state index in [-0.39, 0.29) is 30.0 Å². The van der Waals surface area contributed by atoms with Gasteiger partial charge in [0.15, 0.2) is 0 Å². The normalized spacial score (nSPS) is 17.9. The van der Waals surface area contributed by atoms with Crippen LogP contribution in [-0.4, -0.2) is 79.7 Å². The highest BCUT2D eigenvalue weighted by Crippen LogP contribution is 2.37. The molecular weight excluding hydrogens is 695 g/mol. The molecule has 2 aliphatic rings. The molecule has 2 aliphatic heterocycles. The third kappa shape index (κ3) is 7.99. The Balaban J connectivity index is 1.04. The van der Waals surface area contributed by atoms with Crippen LogP contribution >= 0.6 is 0 Å². The van der Waals surface area contributed by atoms with Gasteiger partial charge in [-0.2, -0.15) is 0 Å². The summed E-state index contributed by atoms with van der Waals surface area (Å²) in [6.07, 6.45) is 4.93. The molecule has 3 amide bonds. The number of carbonyl (C=O) groups excluding carboxylic acids is 3. The zero-order chi connectivity index (χ0) is 39.0. The highest BCUT2D eigenvalue weighted by molar-refractivity contribution is 5.91. The maximum atomic E-state index is 13.6. The van der Waals surface area contributed by atoms with E-state index in [1.807, 2.05) is 51.9 Å². The van der Waals surface area contributed by atoms with Crippen LogP contribution in [0.2, 0.25) is 0 Å². The first-order valence-corrected chi connectivity index (χ1v) is 18.8. The average Bonchev–Trinajstić information content (AvgIpc) is 3.99. The zero-order valence-electron chi connectivity index (χ0n) is 32.3. The van der Waals surface area contributed by atoms with Crippen molar-refractivity contribution >= 4 is 28.9 Å². The van der Waals surface area contributed by atoms with E-state index in [9.17, 15) is 14.4 Å². The van der Waals surface area contributed by atoms with Gasteiger partial charge in [-0.1, -0.05) is 74.5 Å². The Morgan fingerprint density at radius 3 is 2.05 bits per heavy atom. The monoisotopic (exact) mass is 743 g/mol. The topological polar surface area (TPSA) is 146 Å². The van der Waals surface area contributed by atoms with Gasteiger partial charge in [-0.05, 0) is 85.5 Å². The van der Waals surface area contributed by atoms with Gasteiger partial charge in [-0.25, -0.2) is 19.6 Å². The van der Waals surface area contributed by atoms with E-state index in [0.717, 1.165) is 68.7 Å². The minimum Gasteiger partial charge on any atom is -0.453 e. The second-order valence-electron chi connectivity index (χ2n) is 15.8. The van der Waals surface area contributed by atoms with E-state index in [2.05, 4.69) is 87.5 Å². The molecule has 2 fully saturated rings. The molecule has 2 saturated heterocycles. The van der Waals surface area contributed by atoms with Gasteiger partial charge >= 0.3 is 12.2 Å². The van der Waals surface area contributed by atoms with Crippen LogP contribution in [0.1, 0.15) is 77.6 Å². The molecular formula is C43H49N7O5. The van der Waals surface area contributed by atoms with E-state index in [1.165, 1.54) is 7.11 Å². The Labute approximate surface area is 321 Å². The van der Waals surface area contributed by atoms with Crippen LogP contribution in [0.4, 0.5) is 9.59 Å². The summed E-state index contributed by atoms with van der Waals surface area (Å²) in [5.41, 5.74) is 6.32. The molecule has 12 heteroatoms. The number of hydrogen-bond donors (Lipinski definition) is 3. The number of fused-ring (bicyclic) bond motifs is 1. The summed E-state index contributed by atoms with van der Waals surface area (Å²) in [4.78, 5) is 58.2. The molecule has 286 valence electrons. The number of ether oxygens (including phenoxy) is 2. The van der Waals surface area contributed by atoms with E-state index in [1.54, 1.807) is 4.90 Å². The first-order valence-electron chi connectivity index (χ1n) is 18.8. The quantitative estimate of drug-likeness (QED) is 0.135. The van der Waals surface area contributed by atoms with Crippen LogP contribution in [0.3, 0.4) is 0 Å². The molecule has 12 nitrogen and oxygen atoms in total. The van der Waals surface area contributed by atoms with Crippen LogP contribution in [0.5, 0.6) is 0 Å². The highest BCUT2D eigenvalue weighted by Gasteiger charge is 2.38. The number of nitrogens with zero attached hydrogens (tertiary/aromatic N) is 4. The van der Waals surface area contributed by atoms with Crippen LogP contribution in [0.15, 0.2) is 85.2 Å². The number of alkyl carbamates (subject to hydrolysis) is 1. The average molecular weight is 744 g/mol. The van der Waals surface area contributed by atoms with E-state index in [0.29, 0.717) is 25.3 Å². The molecule has 3 unspecified atom stereocenters. The lowest BCUT2D eigenvalue weighted by molar-refractivity contribution is -0.135. The van der Waals surface area contributed by atoms with Crippen molar-refractivity contribution in [2.24, 2.45) is 5.92 Å². The number of rotatable bonds is 8. The van der Waals surface area contributed by atoms with Crippen molar-refractivity contribution in [1.29, 1.82) is 0 Å². The van der Waals surface area contributed by atoms with Crippen molar-refractivity contribution in [3.63, 3.8) is 0 Å². The third-order valence-corrected chi connectivity index (χ3v) is 10.3. The van der Waals surface area contributed by atoms with Crippen molar-refractivity contribution in [2.45, 2.75) is 77.6 Å². The molecule has 2 aromatic heterocycles. The lowest BCUT2D eigenvalue weighted by Crippen LogP contribution is -2.51. The van der Waals surface area contributed by atoms with Crippen LogP contribution in [-0.2, 0) is 14.3 Å². The van der Waals surface area contributed by atoms with Gasteiger partial charge in [0.2, 0.25) is 5.91 Å². The second kappa shape index (κ2) is 15.1. The van der Waals surface area contributed by atoms with Crippen LogP contribution in [0, 0.1) is 5.92 Å². The van der Waals surface area contributed by atoms with Crippen LogP contribution in [0.25, 0.3) is 44.4 Å². The van der Waals surface area contributed by atoms with E-state index < -0.39 is 17.7 Å². The van der Waals surface area contributed by atoms with Crippen molar-refractivity contribution in [3.8, 4) is 33.6 Å². The fourth-order valence-corrected chi connectivity index (χ4v) is 7.49. The number of benzene rings is 3. The summed E-state index contributed by atoms with van der Waals surface area (Å²) in [5.74, 6) is 1.22. The predicted molar refractivity (Wildman–Crippen MR) is 212 cm³/mol. The number of hydrogen-bond acceptors (Lipinski definition) is 7. The molecule has 55 heavy (non-hydrogen) atoms. The SMILES string of the molecule is C=C1CC(c2ncc(-c3ccc(-c4ccc5cc(-c6cnc(C7CCCN7C(=O)C(NC(=O)OC)C(C)C)[nH]6)ccc5c4)cc3)[nH]2)N(C(=O)OC(C)(C)C)C1. The standard InChI is InChI=1S/C43H49N7O5/c1-25(2)37(48-41(52)54-7)40(51)49-18-8-9-35(49)38-44-23-34(47-38)32-17-16-30-20-29(14-15-31(30)21-32)27-10-12-28(13-11-27)33-22-45-39(46-33)36-19-26(3)24-50(36)42(53)55-43(4,5)6/h10-17,20-23,25,35-37H,3,8-9,18-19,24H2,1-2,4-7H3,(H,44,47)(H,45,46)(H,48,52). The number of imidazole rings is 2. The van der Waals surface area contributed by atoms with Crippen molar-refractivity contribution < 1.29 is 23.9 Å². The minimum atomic E-state index is -0.682. The lowest BCUT2D eigenvalue weighted by atomic mass is 9.98. The molecule has 3 atom stereocenters. The van der Waals surface area contributed by atoms with Crippen molar-refractivity contribution in [2.75, 3.05) is 20.2 Å². The molecule has 0 spiro atoms. The molecule has 5 aromatic rings. The highest BCUT2D eigenvalue weighted by atomic mass is 16.6. The summed E-state index contributed by atoms with van der Waals surface area (Å²) >= 11 is 0. The summed E-state index contributed by atoms with van der Waals surface area (Å²) in [6.45, 7) is 14.6. The van der Waals surface area contributed by atoms with E-state index in [4.69, 9.17) is 14.5 Å². The molecule has 4 heterocycles. The number of aromatic nitrogens is 4. The molecule has 0 bridgehead atoms. The Morgan fingerprint density at radius 2 is 1.42 bits per heavy atom. The predicted octanol–water partition coefficient (Wildman–Crippen LogP) is 8.57. The Morgan fingerprint density at radius 1 is 0.836 bits per heavy atom. The van der Waals surface area contributed by atoms with Gasteiger partial charge in [0.05, 0.1) is 43.0 Å². The lowest BCUT2D eigenvalue weighted by Gasteiger charge is -2.30. The summed E-state index contributed by atoms with van der Waals surface area (Å²) in [5, 5.41) is 4.91. The first kappa shape index (κ1) is 37.4. The molecule has 7 rings (SSSR count). The number of nitrogens with one attached hydrogen (secondary N) is 3. The fourth-order valence-electron chi connectivity index (χ4n) is 7.49. The Kier molecular flexibility index (Phi) is 10.3. The summed E-state index contributed by atoms with van der Waals surface area (Å²) in [7, 11) is 1.29. The number of aromatic amines is 2. The van der Waals surface area contributed by atoms with E-state index >= 15 is 0 Å². The van der Waals surface area contributed by atoms with Crippen LogP contribution < -0.4 is 5.32 Å². The van der Waals surface area contributed by atoms with Gasteiger partial charge < -0.3 is 29.7 Å². The molecule has 3 aromatic carbocycles. The van der Waals surface area contributed by atoms with Crippen molar-refractivity contribution in [1.82, 2.24) is 35.1 Å². The van der Waals surface area contributed by atoms with Gasteiger partial charge in [0.1, 0.15) is 23.3 Å². The zero-order valence-corrected chi connectivity index (χ0v) is 32.3. The molecule has 0 saturated carbocycles. The van der Waals surface area contributed by atoms with Gasteiger partial charge in [0, 0.05) is 18.7 Å². The largest absolute Gasteiger partial charge is 0.453 e. The molecule has 0 aliphatic carbocycles. The maximum Gasteiger partial charge on any atom is 0.411 e. The number of H-pyrrole nitrogens is 2. The molecule has 0 radical (unpaired) electrons. The molecule has 3 N–H and O–H groups in total. The second-order valence-corrected chi connectivity index (χ2v) is 15.8. The third-order valence-electron chi connectivity index (χ3n) is 10.3.